The number of amides is 1. The molecule has 2 aromatic heterocycles. The van der Waals surface area contributed by atoms with Crippen LogP contribution < -0.4 is 5.32 Å². The summed E-state index contributed by atoms with van der Waals surface area (Å²) >= 11 is 1.46. The Bertz CT molecular complexity index is 531. The van der Waals surface area contributed by atoms with Gasteiger partial charge >= 0.3 is 6.09 Å². The van der Waals surface area contributed by atoms with Crippen molar-refractivity contribution in [2.75, 3.05) is 11.9 Å². The number of hydrogen-bond acceptors (Lipinski definition) is 5. The minimum atomic E-state index is -0.587. The van der Waals surface area contributed by atoms with Gasteiger partial charge in [-0.25, -0.2) is 9.31 Å². The van der Waals surface area contributed by atoms with Gasteiger partial charge in [0.1, 0.15) is 6.61 Å². The lowest BCUT2D eigenvalue weighted by Crippen LogP contribution is -2.14. The van der Waals surface area contributed by atoms with Crippen LogP contribution in [0.25, 0.3) is 4.96 Å². The molecule has 0 aliphatic heterocycles. The van der Waals surface area contributed by atoms with E-state index in [-0.39, 0.29) is 12.6 Å². The zero-order valence-corrected chi connectivity index (χ0v) is 9.45. The smallest absolute Gasteiger partial charge is 0.414 e. The number of anilines is 1. The highest BCUT2D eigenvalue weighted by molar-refractivity contribution is 7.15. The van der Waals surface area contributed by atoms with Gasteiger partial charge in [0.15, 0.2) is 0 Å². The quantitative estimate of drug-likeness (QED) is 0.828. The fourth-order valence-electron chi connectivity index (χ4n) is 1.11. The minimum Gasteiger partial charge on any atom is -0.445 e. The van der Waals surface area contributed by atoms with Gasteiger partial charge in [-0.05, 0) is 6.92 Å². The van der Waals surface area contributed by atoms with E-state index in [1.807, 2.05) is 12.3 Å². The molecule has 0 saturated carbocycles. The van der Waals surface area contributed by atoms with Crippen molar-refractivity contribution in [3.05, 3.63) is 23.7 Å². The van der Waals surface area contributed by atoms with E-state index in [1.54, 1.807) is 4.52 Å². The summed E-state index contributed by atoms with van der Waals surface area (Å²) in [5, 5.41) is 8.47. The molecular weight excluding hydrogens is 228 g/mol. The van der Waals surface area contributed by atoms with Crippen LogP contribution in [0.5, 0.6) is 0 Å². The third kappa shape index (κ3) is 2.03. The summed E-state index contributed by atoms with van der Waals surface area (Å²) in [4.78, 5) is 16.0. The molecule has 1 amide bonds. The molecular formula is C9H10N4O2S. The van der Waals surface area contributed by atoms with Gasteiger partial charge in [-0.3, -0.25) is 5.32 Å². The lowest BCUT2D eigenvalue weighted by atomic mass is 10.6. The fraction of sp³-hybridized carbons (Fsp3) is 0.222. The van der Waals surface area contributed by atoms with Crippen molar-refractivity contribution >= 4 is 28.3 Å². The van der Waals surface area contributed by atoms with Crippen molar-refractivity contribution in [3.63, 3.8) is 0 Å². The van der Waals surface area contributed by atoms with Crippen LogP contribution in [0.2, 0.25) is 0 Å². The lowest BCUT2D eigenvalue weighted by molar-refractivity contribution is 0.174. The van der Waals surface area contributed by atoms with Gasteiger partial charge in [-0.1, -0.05) is 12.7 Å². The first-order chi connectivity index (χ1) is 7.70. The second kappa shape index (κ2) is 4.31. The maximum absolute atomic E-state index is 11.2. The Morgan fingerprint density at radius 2 is 2.62 bits per heavy atom. The van der Waals surface area contributed by atoms with Crippen LogP contribution in [0, 0.1) is 6.92 Å². The van der Waals surface area contributed by atoms with Crippen molar-refractivity contribution < 1.29 is 9.53 Å². The highest BCUT2D eigenvalue weighted by atomic mass is 32.1. The Kier molecular flexibility index (Phi) is 2.86. The van der Waals surface area contributed by atoms with Gasteiger partial charge in [-0.15, -0.1) is 16.4 Å². The van der Waals surface area contributed by atoms with E-state index >= 15 is 0 Å². The Hall–Kier alpha value is -1.89. The first-order valence-electron chi connectivity index (χ1n) is 4.56. The van der Waals surface area contributed by atoms with Crippen LogP contribution in [0.15, 0.2) is 18.0 Å². The summed E-state index contributed by atoms with van der Waals surface area (Å²) in [5.74, 6) is 0.240. The fourth-order valence-corrected chi connectivity index (χ4v) is 1.91. The molecule has 0 aromatic carbocycles. The molecule has 2 rings (SSSR count). The number of fused-ring (bicyclic) bond motifs is 1. The number of nitrogens with one attached hydrogen (secondary N) is 1. The molecule has 2 aromatic rings. The van der Waals surface area contributed by atoms with Crippen LogP contribution in [0.1, 0.15) is 5.69 Å². The topological polar surface area (TPSA) is 68.5 Å². The zero-order valence-electron chi connectivity index (χ0n) is 8.64. The van der Waals surface area contributed by atoms with Gasteiger partial charge in [0.25, 0.3) is 5.95 Å². The standard InChI is InChI=1S/C9H10N4O2S/c1-3-4-15-9(14)11-7-10-8-13(12-7)6(2)5-16-8/h3,5H,1,4H2,2H3,(H,11,12,14). The molecule has 1 N–H and O–H groups in total. The van der Waals surface area contributed by atoms with E-state index < -0.39 is 6.09 Å². The maximum atomic E-state index is 11.2. The first-order valence-corrected chi connectivity index (χ1v) is 5.44. The molecule has 16 heavy (non-hydrogen) atoms. The van der Waals surface area contributed by atoms with Gasteiger partial charge < -0.3 is 4.74 Å². The van der Waals surface area contributed by atoms with Crippen molar-refractivity contribution in [3.8, 4) is 0 Å². The number of aryl methyl sites for hydroxylation is 1. The van der Waals surface area contributed by atoms with Crippen molar-refractivity contribution in [2.24, 2.45) is 0 Å². The average molecular weight is 238 g/mol. The predicted molar refractivity (Wildman–Crippen MR) is 60.8 cm³/mol. The number of aromatic nitrogens is 3. The van der Waals surface area contributed by atoms with Gasteiger partial charge in [-0.2, -0.15) is 4.98 Å². The molecule has 0 radical (unpaired) electrons. The Balaban J connectivity index is 2.09. The maximum Gasteiger partial charge on any atom is 0.414 e. The van der Waals surface area contributed by atoms with E-state index in [0.717, 1.165) is 10.7 Å². The SMILES string of the molecule is C=CCOC(=O)Nc1nc2scc(C)n2n1. The van der Waals surface area contributed by atoms with Crippen LogP contribution in [-0.2, 0) is 4.74 Å². The summed E-state index contributed by atoms with van der Waals surface area (Å²) < 4.78 is 6.40. The van der Waals surface area contributed by atoms with Crippen molar-refractivity contribution in [1.29, 1.82) is 0 Å². The molecule has 0 aliphatic carbocycles. The summed E-state index contributed by atoms with van der Waals surface area (Å²) in [7, 11) is 0. The minimum absolute atomic E-state index is 0.160. The lowest BCUT2D eigenvalue weighted by Gasteiger charge is -1.99. The molecule has 84 valence electrons. The summed E-state index contributed by atoms with van der Waals surface area (Å²) in [5.41, 5.74) is 0.972. The number of nitrogens with zero attached hydrogens (tertiary/aromatic N) is 3. The third-order valence-electron chi connectivity index (χ3n) is 1.79. The van der Waals surface area contributed by atoms with E-state index in [4.69, 9.17) is 4.74 Å². The van der Waals surface area contributed by atoms with E-state index in [1.165, 1.54) is 17.4 Å². The Morgan fingerprint density at radius 3 is 3.31 bits per heavy atom. The summed E-state index contributed by atoms with van der Waals surface area (Å²) in [6.07, 6.45) is 0.902. The van der Waals surface area contributed by atoms with Crippen molar-refractivity contribution in [1.82, 2.24) is 14.6 Å². The predicted octanol–water partition coefficient (Wildman–Crippen LogP) is 1.83. The Morgan fingerprint density at radius 1 is 1.81 bits per heavy atom. The second-order valence-electron chi connectivity index (χ2n) is 3.02. The first kappa shape index (κ1) is 10.6. The summed E-state index contributed by atoms with van der Waals surface area (Å²) in [6.45, 7) is 5.51. The molecule has 0 unspecified atom stereocenters. The van der Waals surface area contributed by atoms with Crippen LogP contribution in [0.4, 0.5) is 10.7 Å². The molecule has 7 heteroatoms. The molecule has 0 saturated heterocycles. The molecule has 0 fully saturated rings. The van der Waals surface area contributed by atoms with Crippen molar-refractivity contribution in [2.45, 2.75) is 6.92 Å². The number of ether oxygens (including phenoxy) is 1. The average Bonchev–Trinajstić information content (AvgIpc) is 2.78. The zero-order chi connectivity index (χ0) is 11.5. The molecule has 0 atom stereocenters. The number of carbonyl (C=O) groups is 1. The monoisotopic (exact) mass is 238 g/mol. The Labute approximate surface area is 95.6 Å². The van der Waals surface area contributed by atoms with E-state index in [2.05, 4.69) is 22.0 Å². The third-order valence-corrected chi connectivity index (χ3v) is 2.73. The normalized spacial score (nSPS) is 10.3. The number of carbonyl (C=O) groups excluding carboxylic acids is 1. The van der Waals surface area contributed by atoms with E-state index in [0.29, 0.717) is 0 Å². The second-order valence-corrected chi connectivity index (χ2v) is 3.86. The van der Waals surface area contributed by atoms with Crippen LogP contribution >= 0.6 is 11.3 Å². The van der Waals surface area contributed by atoms with E-state index in [9.17, 15) is 4.79 Å². The van der Waals surface area contributed by atoms with Gasteiger partial charge in [0.2, 0.25) is 4.96 Å². The van der Waals surface area contributed by atoms with Crippen LogP contribution in [0.3, 0.4) is 0 Å². The molecule has 0 bridgehead atoms. The number of rotatable bonds is 3. The van der Waals surface area contributed by atoms with Gasteiger partial charge in [0.05, 0.1) is 5.69 Å². The molecule has 6 nitrogen and oxygen atoms in total. The molecule has 2 heterocycles. The molecule has 0 aliphatic rings. The highest BCUT2D eigenvalue weighted by Gasteiger charge is 2.10. The highest BCUT2D eigenvalue weighted by Crippen LogP contribution is 2.15. The summed E-state index contributed by atoms with van der Waals surface area (Å²) in [6, 6.07) is 0. The van der Waals surface area contributed by atoms with Gasteiger partial charge in [0, 0.05) is 5.38 Å². The molecule has 0 spiro atoms. The largest absolute Gasteiger partial charge is 0.445 e. The van der Waals surface area contributed by atoms with Crippen LogP contribution in [-0.4, -0.2) is 27.3 Å². The number of hydrogen-bond donors (Lipinski definition) is 1. The number of thiazole rings is 1.